The van der Waals surface area contributed by atoms with Gasteiger partial charge in [-0.2, -0.15) is 0 Å². The van der Waals surface area contributed by atoms with E-state index in [9.17, 15) is 0 Å². The van der Waals surface area contributed by atoms with Gasteiger partial charge >= 0.3 is 24.7 Å². The number of carbonyl (C=O) groups excluding carboxylic acids is 3. The van der Waals surface area contributed by atoms with Crippen LogP contribution in [0.4, 0.5) is 0 Å². The third-order valence-electron chi connectivity index (χ3n) is 0. The molecule has 0 aliphatic carbocycles. The van der Waals surface area contributed by atoms with Crippen LogP contribution in [0.3, 0.4) is 0 Å². The maximum atomic E-state index is 8.89. The fourth-order valence-electron chi connectivity index (χ4n) is 0. The number of hydrogen-bond donors (Lipinski definition) is 3. The summed E-state index contributed by atoms with van der Waals surface area (Å²) < 4.78 is 0. The van der Waals surface area contributed by atoms with Gasteiger partial charge in [0.25, 0.3) is 0 Å². The van der Waals surface area contributed by atoms with Crippen molar-refractivity contribution in [2.24, 2.45) is 0 Å². The van der Waals surface area contributed by atoms with Crippen LogP contribution in [0.1, 0.15) is 20.8 Å². The maximum absolute atomic E-state index is 8.89. The molecule has 0 aliphatic rings. The summed E-state index contributed by atoms with van der Waals surface area (Å²) in [7, 11) is -2.17. The van der Waals surface area contributed by atoms with E-state index in [1.54, 1.807) is 0 Å². The zero-order valence-electron chi connectivity index (χ0n) is 9.45. The second-order valence-electron chi connectivity index (χ2n) is 1.82. The van der Waals surface area contributed by atoms with Gasteiger partial charge in [-0.3, -0.25) is 0 Å². The van der Waals surface area contributed by atoms with Gasteiger partial charge in [-0.1, -0.05) is 0 Å². The van der Waals surface area contributed by atoms with Crippen LogP contribution in [0.2, 0.25) is 0 Å². The molecule has 0 bridgehead atoms. The monoisotopic (exact) mass is 266 g/mol. The van der Waals surface area contributed by atoms with Gasteiger partial charge in [0.15, 0.2) is 0 Å². The first-order chi connectivity index (χ1) is 6.93. The second-order valence-corrected chi connectivity index (χ2v) is 1.82. The van der Waals surface area contributed by atoms with Crippen LogP contribution in [-0.4, -0.2) is 57.7 Å². The minimum atomic E-state index is -2.17. The van der Waals surface area contributed by atoms with Crippen molar-refractivity contribution in [2.45, 2.75) is 20.8 Å². The average Bonchev–Trinajstić information content (AvgIpc) is 1.76. The zero-order chi connectivity index (χ0) is 14.3. The summed E-state index contributed by atoms with van der Waals surface area (Å²) in [5.74, 6) is -3.25. The molecule has 0 heterocycles. The maximum Gasteiger partial charge on any atom is 3.00 e. The van der Waals surface area contributed by atoms with E-state index in [-0.39, 0.29) is 17.4 Å². The molecule has 96 valence electrons. The Bertz CT molecular complexity index is 153. The van der Waals surface area contributed by atoms with E-state index < -0.39 is 25.2 Å². The van der Waals surface area contributed by atoms with Crippen molar-refractivity contribution in [2.75, 3.05) is 0 Å². The Labute approximate surface area is 109 Å². The van der Waals surface area contributed by atoms with Crippen LogP contribution in [0, 0.1) is 0 Å². The molecule has 0 rings (SSSR count). The van der Waals surface area contributed by atoms with Crippen molar-refractivity contribution in [3.63, 3.8) is 0 Å². The molecule has 17 heavy (non-hydrogen) atoms. The van der Waals surface area contributed by atoms with Crippen molar-refractivity contribution >= 4 is 42.6 Å². The summed E-state index contributed by atoms with van der Waals surface area (Å²) in [4.78, 5) is 26.7. The SMILES string of the molecule is CC(=O)[O-].CC(=O)[O-].CC(=O)[O-].OB(O)O.[Al+3]. The van der Waals surface area contributed by atoms with Gasteiger partial charge in [0.1, 0.15) is 0 Å². The summed E-state index contributed by atoms with van der Waals surface area (Å²) >= 11 is 0. The van der Waals surface area contributed by atoms with Gasteiger partial charge in [-0.25, -0.2) is 0 Å². The molecule has 0 aromatic carbocycles. The topological polar surface area (TPSA) is 181 Å². The van der Waals surface area contributed by atoms with Gasteiger partial charge in [-0.05, 0) is 20.8 Å². The summed E-state index contributed by atoms with van der Waals surface area (Å²) in [6, 6.07) is 0. The van der Waals surface area contributed by atoms with Gasteiger partial charge in [0, 0.05) is 17.9 Å². The number of carbonyl (C=O) groups is 3. The second kappa shape index (κ2) is 24.2. The molecule has 0 unspecified atom stereocenters. The van der Waals surface area contributed by atoms with E-state index in [0.717, 1.165) is 20.8 Å². The smallest absolute Gasteiger partial charge is 0.550 e. The Kier molecular flexibility index (Phi) is 42.3. The first-order valence-electron chi connectivity index (χ1n) is 3.50. The van der Waals surface area contributed by atoms with Crippen LogP contribution >= 0.6 is 0 Å². The summed E-state index contributed by atoms with van der Waals surface area (Å²) in [6.07, 6.45) is 0. The van der Waals surface area contributed by atoms with Crippen LogP contribution in [-0.2, 0) is 14.4 Å². The zero-order valence-corrected chi connectivity index (χ0v) is 10.6. The third-order valence-corrected chi connectivity index (χ3v) is 0. The van der Waals surface area contributed by atoms with Crippen molar-refractivity contribution in [1.29, 1.82) is 0 Å². The Hall–Kier alpha value is -1.11. The predicted octanol–water partition coefficient (Wildman–Crippen LogP) is -6.16. The Balaban J connectivity index is -0.0000000369. The van der Waals surface area contributed by atoms with Gasteiger partial charge < -0.3 is 44.8 Å². The number of carboxylic acids is 3. The van der Waals surface area contributed by atoms with Crippen LogP contribution < -0.4 is 15.3 Å². The largest absolute Gasteiger partial charge is 3.00 e. The summed E-state index contributed by atoms with van der Waals surface area (Å²) in [5.41, 5.74) is 0. The summed E-state index contributed by atoms with van der Waals surface area (Å²) in [5, 5.41) is 48.2. The van der Waals surface area contributed by atoms with Crippen LogP contribution in [0.5, 0.6) is 0 Å². The molecular weight excluding hydrogens is 254 g/mol. The molecule has 11 heteroatoms. The molecule has 0 aromatic heterocycles. The van der Waals surface area contributed by atoms with Gasteiger partial charge in [-0.15, -0.1) is 0 Å². The first kappa shape index (κ1) is 29.7. The summed E-state index contributed by atoms with van der Waals surface area (Å²) in [6.45, 7) is 2.92. The van der Waals surface area contributed by atoms with E-state index in [1.165, 1.54) is 0 Å². The number of hydrogen-bond acceptors (Lipinski definition) is 9. The molecule has 0 atom stereocenters. The molecular formula is C6H12AlBO9. The molecule has 0 aliphatic heterocycles. The standard InChI is InChI=1S/3C2H4O2.Al.BH3O3/c3*1-2(3)4;;2-1(3)4/h3*1H3,(H,3,4);;2-4H/q;;;+3;/p-3. The van der Waals surface area contributed by atoms with E-state index in [0.29, 0.717) is 0 Å². The van der Waals surface area contributed by atoms with Crippen molar-refractivity contribution < 1.29 is 44.8 Å². The third kappa shape index (κ3) is 2000. The van der Waals surface area contributed by atoms with Gasteiger partial charge in [0.2, 0.25) is 0 Å². The van der Waals surface area contributed by atoms with Crippen molar-refractivity contribution in [3.8, 4) is 0 Å². The van der Waals surface area contributed by atoms with E-state index in [2.05, 4.69) is 0 Å². The number of aliphatic carboxylic acids is 3. The van der Waals surface area contributed by atoms with Crippen molar-refractivity contribution in [3.05, 3.63) is 0 Å². The fraction of sp³-hybridized carbons (Fsp3) is 0.500. The molecule has 0 saturated carbocycles. The first-order valence-corrected chi connectivity index (χ1v) is 3.50. The Morgan fingerprint density at radius 2 is 0.765 bits per heavy atom. The molecule has 3 N–H and O–H groups in total. The number of carboxylic acid groups (broad SMARTS) is 3. The predicted molar refractivity (Wildman–Crippen MR) is 50.2 cm³/mol. The molecule has 0 saturated heterocycles. The molecule has 0 fully saturated rings. The normalized spacial score (nSPS) is 6.00. The molecule has 0 radical (unpaired) electrons. The molecule has 0 amide bonds. The van der Waals surface area contributed by atoms with E-state index >= 15 is 0 Å². The van der Waals surface area contributed by atoms with Crippen molar-refractivity contribution in [1.82, 2.24) is 0 Å². The Morgan fingerprint density at radius 1 is 0.765 bits per heavy atom. The Morgan fingerprint density at radius 3 is 0.765 bits per heavy atom. The van der Waals surface area contributed by atoms with Crippen LogP contribution in [0.15, 0.2) is 0 Å². The minimum Gasteiger partial charge on any atom is -0.550 e. The fourth-order valence-corrected chi connectivity index (χ4v) is 0. The van der Waals surface area contributed by atoms with Crippen LogP contribution in [0.25, 0.3) is 0 Å². The quantitative estimate of drug-likeness (QED) is 0.359. The van der Waals surface area contributed by atoms with E-state index in [1.807, 2.05) is 0 Å². The number of rotatable bonds is 0. The van der Waals surface area contributed by atoms with E-state index in [4.69, 9.17) is 44.8 Å². The molecule has 0 aromatic rings. The molecule has 9 nitrogen and oxygen atoms in total. The molecule has 0 spiro atoms. The van der Waals surface area contributed by atoms with Gasteiger partial charge in [0.05, 0.1) is 0 Å². The minimum absolute atomic E-state index is 0. The average molecular weight is 266 g/mol.